The third kappa shape index (κ3) is 5.30. The standard InChI is InChI=1S/C12H24N/c1-2-3-4-6-9-12-10-7-5-8-11-13-12/h12-13H,1-11H2. The number of nitrogens with one attached hydrogen (secondary N) is 1. The third-order valence-corrected chi connectivity index (χ3v) is 2.96. The van der Waals surface area contributed by atoms with Gasteiger partial charge in [0, 0.05) is 6.04 Å². The first-order valence-electron chi connectivity index (χ1n) is 5.96. The maximum Gasteiger partial charge on any atom is 0.00670 e. The molecule has 77 valence electrons. The van der Waals surface area contributed by atoms with E-state index in [4.69, 9.17) is 0 Å². The first kappa shape index (κ1) is 11.0. The predicted octanol–water partition coefficient (Wildman–Crippen LogP) is 3.30. The Labute approximate surface area is 83.3 Å². The van der Waals surface area contributed by atoms with Crippen LogP contribution in [0.15, 0.2) is 0 Å². The highest BCUT2D eigenvalue weighted by Gasteiger charge is 2.09. The van der Waals surface area contributed by atoms with Crippen LogP contribution < -0.4 is 5.32 Å². The minimum Gasteiger partial charge on any atom is -0.314 e. The molecule has 1 N–H and O–H groups in total. The maximum atomic E-state index is 3.87. The van der Waals surface area contributed by atoms with E-state index in [0.717, 1.165) is 12.5 Å². The Hall–Kier alpha value is -0.0400. The molecule has 13 heavy (non-hydrogen) atoms. The van der Waals surface area contributed by atoms with E-state index in [9.17, 15) is 0 Å². The second-order valence-corrected chi connectivity index (χ2v) is 4.20. The lowest BCUT2D eigenvalue weighted by Crippen LogP contribution is -2.27. The summed E-state index contributed by atoms with van der Waals surface area (Å²) in [7, 11) is 0. The van der Waals surface area contributed by atoms with Crippen LogP contribution in [0.5, 0.6) is 0 Å². The topological polar surface area (TPSA) is 12.0 Å². The van der Waals surface area contributed by atoms with Crippen molar-refractivity contribution in [2.24, 2.45) is 0 Å². The maximum absolute atomic E-state index is 3.87. The molecule has 0 aromatic rings. The van der Waals surface area contributed by atoms with E-state index in [-0.39, 0.29) is 0 Å². The number of hydrogen-bond donors (Lipinski definition) is 1. The van der Waals surface area contributed by atoms with Crippen LogP contribution in [0.25, 0.3) is 0 Å². The van der Waals surface area contributed by atoms with Gasteiger partial charge < -0.3 is 5.32 Å². The highest BCUT2D eigenvalue weighted by molar-refractivity contribution is 4.70. The molecule has 1 radical (unpaired) electrons. The second-order valence-electron chi connectivity index (χ2n) is 4.20. The fourth-order valence-electron chi connectivity index (χ4n) is 2.09. The summed E-state index contributed by atoms with van der Waals surface area (Å²) in [5.41, 5.74) is 0. The fraction of sp³-hybridized carbons (Fsp3) is 0.917. The van der Waals surface area contributed by atoms with Crippen molar-refractivity contribution in [3.63, 3.8) is 0 Å². The molecular weight excluding hydrogens is 158 g/mol. The van der Waals surface area contributed by atoms with E-state index in [2.05, 4.69) is 12.2 Å². The van der Waals surface area contributed by atoms with Gasteiger partial charge in [0.15, 0.2) is 0 Å². The zero-order valence-corrected chi connectivity index (χ0v) is 8.86. The molecule has 1 heteroatoms. The average molecular weight is 182 g/mol. The highest BCUT2D eigenvalue weighted by Crippen LogP contribution is 2.14. The van der Waals surface area contributed by atoms with Crippen molar-refractivity contribution in [3.8, 4) is 0 Å². The number of rotatable bonds is 5. The number of hydrogen-bond acceptors (Lipinski definition) is 1. The van der Waals surface area contributed by atoms with E-state index >= 15 is 0 Å². The van der Waals surface area contributed by atoms with Crippen molar-refractivity contribution in [2.75, 3.05) is 6.54 Å². The first-order valence-corrected chi connectivity index (χ1v) is 5.96. The van der Waals surface area contributed by atoms with Crippen LogP contribution >= 0.6 is 0 Å². The summed E-state index contributed by atoms with van der Waals surface area (Å²) in [5, 5.41) is 3.64. The molecule has 1 saturated heterocycles. The molecule has 1 aliphatic heterocycles. The van der Waals surface area contributed by atoms with E-state index in [1.165, 1.54) is 57.9 Å². The predicted molar refractivity (Wildman–Crippen MR) is 58.7 cm³/mol. The summed E-state index contributed by atoms with van der Waals surface area (Å²) in [6.07, 6.45) is 12.2. The van der Waals surface area contributed by atoms with Gasteiger partial charge in [-0.15, -0.1) is 0 Å². The quantitative estimate of drug-likeness (QED) is 0.643. The third-order valence-electron chi connectivity index (χ3n) is 2.96. The lowest BCUT2D eigenvalue weighted by molar-refractivity contribution is 0.454. The minimum absolute atomic E-state index is 0.826. The van der Waals surface area contributed by atoms with E-state index in [0.29, 0.717) is 0 Å². The smallest absolute Gasteiger partial charge is 0.00670 e. The van der Waals surface area contributed by atoms with Gasteiger partial charge in [-0.2, -0.15) is 0 Å². The molecule has 0 aromatic heterocycles. The summed E-state index contributed by atoms with van der Waals surface area (Å²) in [4.78, 5) is 0. The molecule has 0 aromatic carbocycles. The molecule has 0 aliphatic carbocycles. The molecule has 1 rings (SSSR count). The molecule has 0 bridgehead atoms. The zero-order valence-electron chi connectivity index (χ0n) is 8.86. The van der Waals surface area contributed by atoms with Gasteiger partial charge in [-0.3, -0.25) is 0 Å². The Balaban J connectivity index is 1.98. The van der Waals surface area contributed by atoms with Crippen molar-refractivity contribution in [1.29, 1.82) is 0 Å². The SMILES string of the molecule is [CH2]CCCCCC1CCCCCN1. The van der Waals surface area contributed by atoms with Gasteiger partial charge in [0.05, 0.1) is 0 Å². The molecule has 0 amide bonds. The van der Waals surface area contributed by atoms with Crippen molar-refractivity contribution >= 4 is 0 Å². The van der Waals surface area contributed by atoms with Crippen LogP contribution in [0.3, 0.4) is 0 Å². The summed E-state index contributed by atoms with van der Waals surface area (Å²) in [5.74, 6) is 0. The largest absolute Gasteiger partial charge is 0.314 e. The first-order chi connectivity index (χ1) is 6.43. The minimum atomic E-state index is 0.826. The lowest BCUT2D eigenvalue weighted by Gasteiger charge is -2.14. The zero-order chi connectivity index (χ0) is 9.36. The Morgan fingerprint density at radius 3 is 2.85 bits per heavy atom. The number of unbranched alkanes of at least 4 members (excludes halogenated alkanes) is 3. The molecule has 1 aliphatic rings. The highest BCUT2D eigenvalue weighted by atomic mass is 14.9. The van der Waals surface area contributed by atoms with Gasteiger partial charge in [-0.25, -0.2) is 0 Å². The monoisotopic (exact) mass is 182 g/mol. The Morgan fingerprint density at radius 2 is 2.00 bits per heavy atom. The van der Waals surface area contributed by atoms with Gasteiger partial charge in [0.1, 0.15) is 0 Å². The van der Waals surface area contributed by atoms with Crippen LogP contribution in [0.4, 0.5) is 0 Å². The van der Waals surface area contributed by atoms with Gasteiger partial charge in [-0.1, -0.05) is 45.4 Å². The van der Waals surface area contributed by atoms with Gasteiger partial charge in [0.2, 0.25) is 0 Å². The summed E-state index contributed by atoms with van der Waals surface area (Å²) < 4.78 is 0. The van der Waals surface area contributed by atoms with Crippen molar-refractivity contribution in [3.05, 3.63) is 6.92 Å². The Morgan fingerprint density at radius 1 is 1.08 bits per heavy atom. The Kier molecular flexibility index (Phi) is 6.26. The molecule has 0 saturated carbocycles. The molecule has 1 unspecified atom stereocenters. The fourth-order valence-corrected chi connectivity index (χ4v) is 2.09. The van der Waals surface area contributed by atoms with Crippen LogP contribution in [-0.4, -0.2) is 12.6 Å². The van der Waals surface area contributed by atoms with Gasteiger partial charge in [0.25, 0.3) is 0 Å². The molecule has 1 fully saturated rings. The van der Waals surface area contributed by atoms with Crippen LogP contribution in [0, 0.1) is 6.92 Å². The van der Waals surface area contributed by atoms with Crippen molar-refractivity contribution < 1.29 is 0 Å². The van der Waals surface area contributed by atoms with E-state index in [1.54, 1.807) is 0 Å². The summed E-state index contributed by atoms with van der Waals surface area (Å²) in [6.45, 7) is 5.12. The second kappa shape index (κ2) is 7.37. The van der Waals surface area contributed by atoms with Gasteiger partial charge >= 0.3 is 0 Å². The summed E-state index contributed by atoms with van der Waals surface area (Å²) >= 11 is 0. The van der Waals surface area contributed by atoms with Crippen LogP contribution in [0.2, 0.25) is 0 Å². The lowest BCUT2D eigenvalue weighted by atomic mass is 10.0. The Bertz CT molecular complexity index is 104. The van der Waals surface area contributed by atoms with E-state index in [1.807, 2.05) is 0 Å². The van der Waals surface area contributed by atoms with Crippen molar-refractivity contribution in [1.82, 2.24) is 5.32 Å². The molecule has 1 atom stereocenters. The molecule has 0 spiro atoms. The average Bonchev–Trinajstić information content (AvgIpc) is 2.41. The van der Waals surface area contributed by atoms with E-state index < -0.39 is 0 Å². The molecule has 1 heterocycles. The van der Waals surface area contributed by atoms with Crippen molar-refractivity contribution in [2.45, 2.75) is 63.8 Å². The van der Waals surface area contributed by atoms with Crippen LogP contribution in [-0.2, 0) is 0 Å². The summed E-state index contributed by atoms with van der Waals surface area (Å²) in [6, 6.07) is 0.826. The normalized spacial score (nSPS) is 24.2. The van der Waals surface area contributed by atoms with Crippen LogP contribution in [0.1, 0.15) is 57.8 Å². The molecule has 1 nitrogen and oxygen atoms in total. The molecular formula is C12H24N. The van der Waals surface area contributed by atoms with Gasteiger partial charge in [-0.05, 0) is 25.8 Å².